The number of fused-ring (bicyclic) bond motifs is 3. The van der Waals surface area contributed by atoms with E-state index in [0.717, 1.165) is 15.8 Å². The number of ketones is 1. The number of rotatable bonds is 8. The van der Waals surface area contributed by atoms with Gasteiger partial charge in [-0.2, -0.15) is 0 Å². The zero-order valence-corrected chi connectivity index (χ0v) is 22.1. The summed E-state index contributed by atoms with van der Waals surface area (Å²) in [6.07, 6.45) is 3.99. The van der Waals surface area contributed by atoms with E-state index in [1.165, 1.54) is 17.4 Å². The maximum atomic E-state index is 15.0. The van der Waals surface area contributed by atoms with Crippen molar-refractivity contribution in [1.29, 1.82) is 0 Å². The average Bonchev–Trinajstić information content (AvgIpc) is 3.61. The molecule has 2 aromatic heterocycles. The molecule has 0 bridgehead atoms. The third kappa shape index (κ3) is 5.17. The Labute approximate surface area is 227 Å². The fraction of sp³-hybridized carbons (Fsp3) is 0.379. The summed E-state index contributed by atoms with van der Waals surface area (Å²) in [6, 6.07) is 10.4. The van der Waals surface area contributed by atoms with Gasteiger partial charge in [0.25, 0.3) is 0 Å². The van der Waals surface area contributed by atoms with Crippen molar-refractivity contribution in [3.05, 3.63) is 59.5 Å². The van der Waals surface area contributed by atoms with Crippen molar-refractivity contribution in [2.24, 2.45) is 0 Å². The van der Waals surface area contributed by atoms with Crippen molar-refractivity contribution in [1.82, 2.24) is 19.6 Å². The molecule has 2 saturated heterocycles. The first kappa shape index (κ1) is 25.6. The second kappa shape index (κ2) is 10.5. The first-order chi connectivity index (χ1) is 18.9. The molecule has 0 radical (unpaired) electrons. The summed E-state index contributed by atoms with van der Waals surface area (Å²) in [4.78, 5) is 43.3. The zero-order chi connectivity index (χ0) is 27.1. The van der Waals surface area contributed by atoms with Crippen molar-refractivity contribution in [2.75, 3.05) is 13.1 Å². The highest BCUT2D eigenvalue weighted by molar-refractivity contribution is 7.23. The van der Waals surface area contributed by atoms with E-state index in [1.54, 1.807) is 23.2 Å². The Hall–Kier alpha value is -3.66. The number of carbonyl (C=O) groups excluding carboxylic acids is 3. The van der Waals surface area contributed by atoms with E-state index in [2.05, 4.69) is 10.3 Å². The quantitative estimate of drug-likeness (QED) is 0.228. The fourth-order valence-corrected chi connectivity index (χ4v) is 6.48. The number of halogens is 2. The molecule has 2 aliphatic heterocycles. The lowest BCUT2D eigenvalue weighted by Gasteiger charge is -2.28. The van der Waals surface area contributed by atoms with Gasteiger partial charge in [0, 0.05) is 43.3 Å². The number of hydrogen-bond acceptors (Lipinski definition) is 5. The Morgan fingerprint density at radius 1 is 1.13 bits per heavy atom. The molecule has 10 heteroatoms. The minimum atomic E-state index is -1.03. The minimum Gasteiger partial charge on any atom is -0.349 e. The highest BCUT2D eigenvalue weighted by Crippen LogP contribution is 2.33. The van der Waals surface area contributed by atoms with E-state index < -0.39 is 6.17 Å². The minimum absolute atomic E-state index is 0.0143. The van der Waals surface area contributed by atoms with E-state index >= 15 is 4.39 Å². The fourth-order valence-electron chi connectivity index (χ4n) is 5.43. The van der Waals surface area contributed by atoms with Gasteiger partial charge in [-0.05, 0) is 61.6 Å². The molecule has 6 rings (SSSR count). The Bertz CT molecular complexity index is 1600. The van der Waals surface area contributed by atoms with Gasteiger partial charge in [0.15, 0.2) is 10.7 Å². The topological polar surface area (TPSA) is 83.8 Å². The van der Waals surface area contributed by atoms with Crippen LogP contribution in [0.5, 0.6) is 0 Å². The molecule has 2 atom stereocenters. The molecule has 202 valence electrons. The van der Waals surface area contributed by atoms with Gasteiger partial charge in [-0.1, -0.05) is 17.4 Å². The molecule has 0 spiro atoms. The number of likely N-dealkylation sites (tertiary alicyclic amines) is 1. The second-order valence-electron chi connectivity index (χ2n) is 10.3. The highest BCUT2D eigenvalue weighted by atomic mass is 32.1. The summed E-state index contributed by atoms with van der Waals surface area (Å²) in [6.45, 7) is 1.01. The third-order valence-electron chi connectivity index (χ3n) is 7.63. The molecule has 0 aliphatic carbocycles. The zero-order valence-electron chi connectivity index (χ0n) is 21.3. The third-order valence-corrected chi connectivity index (χ3v) is 8.64. The number of Topliss-reactive ketones (excluding diaryl/α,β-unsaturated/α-hetero) is 1. The number of thiazole rings is 1. The van der Waals surface area contributed by atoms with E-state index in [0.29, 0.717) is 73.4 Å². The maximum absolute atomic E-state index is 15.0. The first-order valence-electron chi connectivity index (χ1n) is 13.3. The number of hydrogen-bond donors (Lipinski definition) is 1. The molecule has 1 unspecified atom stereocenters. The Morgan fingerprint density at radius 2 is 2.00 bits per heavy atom. The molecule has 4 heterocycles. The van der Waals surface area contributed by atoms with Crippen LogP contribution in [0.4, 0.5) is 8.78 Å². The number of alkyl halides is 1. The molecule has 4 aromatic rings. The van der Waals surface area contributed by atoms with Gasteiger partial charge in [-0.3, -0.25) is 18.8 Å². The lowest BCUT2D eigenvalue weighted by Crippen LogP contribution is -2.40. The summed E-state index contributed by atoms with van der Waals surface area (Å²) >= 11 is 1.44. The first-order valence-corrected chi connectivity index (χ1v) is 14.1. The van der Waals surface area contributed by atoms with Gasteiger partial charge in [-0.25, -0.2) is 13.8 Å². The Kier molecular flexibility index (Phi) is 6.88. The van der Waals surface area contributed by atoms with Gasteiger partial charge >= 0.3 is 0 Å². The van der Waals surface area contributed by atoms with Crippen molar-refractivity contribution in [3.8, 4) is 11.3 Å². The van der Waals surface area contributed by atoms with Gasteiger partial charge in [0.2, 0.25) is 11.8 Å². The van der Waals surface area contributed by atoms with Crippen molar-refractivity contribution in [3.63, 3.8) is 0 Å². The molecule has 1 N–H and O–H groups in total. The van der Waals surface area contributed by atoms with Crippen LogP contribution >= 0.6 is 11.3 Å². The van der Waals surface area contributed by atoms with Crippen LogP contribution < -0.4 is 5.32 Å². The molecule has 0 saturated carbocycles. The largest absolute Gasteiger partial charge is 0.349 e. The van der Waals surface area contributed by atoms with Crippen molar-refractivity contribution < 1.29 is 23.2 Å². The van der Waals surface area contributed by atoms with Gasteiger partial charge < -0.3 is 10.2 Å². The molecular weight excluding hydrogens is 522 g/mol. The van der Waals surface area contributed by atoms with E-state index in [4.69, 9.17) is 0 Å². The van der Waals surface area contributed by atoms with Gasteiger partial charge in [0.1, 0.15) is 12.0 Å². The van der Waals surface area contributed by atoms with Gasteiger partial charge in [-0.15, -0.1) is 0 Å². The lowest BCUT2D eigenvalue weighted by molar-refractivity contribution is -0.135. The molecule has 2 aliphatic rings. The number of benzene rings is 2. The average molecular weight is 551 g/mol. The predicted molar refractivity (Wildman–Crippen MR) is 145 cm³/mol. The van der Waals surface area contributed by atoms with Crippen LogP contribution in [-0.4, -0.2) is 51.1 Å². The molecule has 2 aromatic carbocycles. The summed E-state index contributed by atoms with van der Waals surface area (Å²) in [5.41, 5.74) is 3.19. The smallest absolute Gasteiger partial charge is 0.225 e. The maximum Gasteiger partial charge on any atom is 0.225 e. The summed E-state index contributed by atoms with van der Waals surface area (Å²) in [7, 11) is 0. The number of nitrogens with zero attached hydrogens (tertiary/aromatic N) is 3. The van der Waals surface area contributed by atoms with Crippen LogP contribution in [0.2, 0.25) is 0 Å². The summed E-state index contributed by atoms with van der Waals surface area (Å²) in [5, 5.41) is 2.86. The second-order valence-corrected chi connectivity index (χ2v) is 11.3. The highest BCUT2D eigenvalue weighted by Gasteiger charge is 2.25. The van der Waals surface area contributed by atoms with Crippen LogP contribution in [0.25, 0.3) is 26.4 Å². The van der Waals surface area contributed by atoms with Crippen LogP contribution in [-0.2, 0) is 9.59 Å². The number of amides is 2. The number of carbonyl (C=O) groups is 3. The number of piperidine rings is 1. The van der Waals surface area contributed by atoms with Crippen molar-refractivity contribution >= 4 is 44.1 Å². The predicted octanol–water partition coefficient (Wildman–Crippen LogP) is 5.62. The van der Waals surface area contributed by atoms with Crippen LogP contribution in [0.1, 0.15) is 66.9 Å². The summed E-state index contributed by atoms with van der Waals surface area (Å²) < 4.78 is 31.2. The van der Waals surface area contributed by atoms with Crippen molar-refractivity contribution in [2.45, 2.75) is 57.2 Å². The Balaban J connectivity index is 1.12. The number of nitrogens with one attached hydrogen (secondary N) is 1. The van der Waals surface area contributed by atoms with E-state index in [1.807, 2.05) is 22.6 Å². The molecule has 39 heavy (non-hydrogen) atoms. The molecule has 2 amide bonds. The molecule has 2 fully saturated rings. The lowest BCUT2D eigenvalue weighted by atomic mass is 10.0. The number of unbranched alkanes of at least 4 members (excludes halogenated alkanes) is 1. The van der Waals surface area contributed by atoms with Gasteiger partial charge in [0.05, 0.1) is 28.4 Å². The number of imidazole rings is 1. The molecule has 7 nitrogen and oxygen atoms in total. The van der Waals surface area contributed by atoms with Crippen LogP contribution in [0, 0.1) is 5.82 Å². The normalized spacial score (nSPS) is 19.8. The van der Waals surface area contributed by atoms with Crippen LogP contribution in [0.15, 0.2) is 42.6 Å². The standard InChI is InChI=1S/C29H28F2N4O3S/c30-19-10-12-34(28(38)15-19)11-2-1-3-25(36)18-5-8-24-26(14-18)39-29-33-23(16-35(24)29)20-6-4-17(13-21(20)31)22-7-9-27(37)32-22/h4-6,8,13-14,16,19,22H,1-3,7,9-12,15H2,(H,32,37)/t19?,22-/m0/s1. The monoisotopic (exact) mass is 550 g/mol. The Morgan fingerprint density at radius 3 is 2.77 bits per heavy atom. The number of aromatic nitrogens is 2. The van der Waals surface area contributed by atoms with E-state index in [9.17, 15) is 18.8 Å². The molecular formula is C29H28F2N4O3S. The SMILES string of the molecule is O=C1CC[C@@H](c2ccc(-c3cn4c(n3)sc3cc(C(=O)CCCCN5CCC(F)CC5=O)ccc34)c(F)c2)N1. The summed E-state index contributed by atoms with van der Waals surface area (Å²) in [5.74, 6) is -0.499. The van der Waals surface area contributed by atoms with Crippen LogP contribution in [0.3, 0.4) is 0 Å². The van der Waals surface area contributed by atoms with E-state index in [-0.39, 0.29) is 35.9 Å².